The van der Waals surface area contributed by atoms with Gasteiger partial charge in [-0.3, -0.25) is 4.79 Å². The zero-order chi connectivity index (χ0) is 21.4. The topological polar surface area (TPSA) is 108 Å². The highest BCUT2D eigenvalue weighted by atomic mass is 32.1. The number of benzene rings is 1. The molecule has 0 spiro atoms. The third-order valence-corrected chi connectivity index (χ3v) is 4.93. The minimum atomic E-state index is -0.623. The summed E-state index contributed by atoms with van der Waals surface area (Å²) in [6.45, 7) is 6.97. The van der Waals surface area contributed by atoms with E-state index in [1.807, 2.05) is 0 Å². The monoisotopic (exact) mass is 414 g/mol. The van der Waals surface area contributed by atoms with E-state index < -0.39 is 17.8 Å². The fourth-order valence-corrected chi connectivity index (χ4v) is 3.47. The highest BCUT2D eigenvalue weighted by molar-refractivity contribution is 7.18. The summed E-state index contributed by atoms with van der Waals surface area (Å²) in [7, 11) is 0. The van der Waals surface area contributed by atoms with Crippen molar-refractivity contribution in [1.29, 1.82) is 0 Å². The summed E-state index contributed by atoms with van der Waals surface area (Å²) in [5.74, 6) is -1.68. The molecule has 0 saturated carbocycles. The number of rotatable bonds is 8. The molecule has 1 aromatic carbocycles. The van der Waals surface area contributed by atoms with Gasteiger partial charge in [-0.2, -0.15) is 0 Å². The number of carbonyl (C=O) groups is 3. The second-order valence-electron chi connectivity index (χ2n) is 5.86. The van der Waals surface area contributed by atoms with Crippen LogP contribution in [0.2, 0.25) is 0 Å². The summed E-state index contributed by atoms with van der Waals surface area (Å²) in [5, 5.41) is 2.86. The molecule has 8 heteroatoms. The minimum Gasteiger partial charge on any atom is -0.462 e. The van der Waals surface area contributed by atoms with E-state index in [9.17, 15) is 14.4 Å². The van der Waals surface area contributed by atoms with Crippen molar-refractivity contribution in [3.63, 3.8) is 0 Å². The number of esters is 2. The summed E-state index contributed by atoms with van der Waals surface area (Å²) in [4.78, 5) is 37.2. The molecule has 0 fully saturated rings. The number of thiophene rings is 1. The zero-order valence-electron chi connectivity index (χ0n) is 16.2. The van der Waals surface area contributed by atoms with E-state index in [2.05, 4.69) is 11.9 Å². The molecule has 152 valence electrons. The Morgan fingerprint density at radius 2 is 1.86 bits per heavy atom. The third kappa shape index (κ3) is 5.79. The Kier molecular flexibility index (Phi) is 7.73. The van der Waals surface area contributed by atoms with Crippen LogP contribution in [0.25, 0.3) is 6.08 Å². The van der Waals surface area contributed by atoms with Crippen LogP contribution in [0.1, 0.15) is 38.1 Å². The van der Waals surface area contributed by atoms with Gasteiger partial charge in [0.05, 0.1) is 12.2 Å². The van der Waals surface area contributed by atoms with E-state index in [-0.39, 0.29) is 28.7 Å². The van der Waals surface area contributed by atoms with Gasteiger partial charge in [0.25, 0.3) is 0 Å². The van der Waals surface area contributed by atoms with E-state index in [1.54, 1.807) is 44.2 Å². The van der Waals surface area contributed by atoms with E-state index in [0.29, 0.717) is 11.3 Å². The predicted molar refractivity (Wildman–Crippen MR) is 114 cm³/mol. The molecule has 1 aromatic heterocycles. The number of nitrogens with two attached hydrogens (primary N) is 1. The standard InChI is InChI=1S/C21H22N2O5S/c1-4-12-28-21(26)18-13(3)17(20(25)27-5-2)19(29-18)23-16(24)11-8-14-6-9-15(22)10-7-14/h4,6-11H,1,5,12,22H2,2-3H3,(H,23,24)/b11-8+. The van der Waals surface area contributed by atoms with Crippen LogP contribution in [0.4, 0.5) is 10.7 Å². The second kappa shape index (κ2) is 10.2. The van der Waals surface area contributed by atoms with E-state index in [1.165, 1.54) is 12.2 Å². The molecule has 0 radical (unpaired) electrons. The molecule has 7 nitrogen and oxygen atoms in total. The van der Waals surface area contributed by atoms with E-state index in [0.717, 1.165) is 16.9 Å². The molecular weight excluding hydrogens is 392 g/mol. The molecular formula is C21H22N2O5S. The summed E-state index contributed by atoms with van der Waals surface area (Å²) < 4.78 is 10.1. The number of nitrogen functional groups attached to an aromatic ring is 1. The Morgan fingerprint density at radius 1 is 1.17 bits per heavy atom. The first kappa shape index (κ1) is 21.9. The van der Waals surface area contributed by atoms with Crippen LogP contribution in [0.5, 0.6) is 0 Å². The maximum absolute atomic E-state index is 12.4. The van der Waals surface area contributed by atoms with Crippen molar-refractivity contribution in [2.24, 2.45) is 0 Å². The zero-order valence-corrected chi connectivity index (χ0v) is 17.0. The fraction of sp³-hybridized carbons (Fsp3) is 0.190. The largest absolute Gasteiger partial charge is 0.462 e. The van der Waals surface area contributed by atoms with Gasteiger partial charge in [-0.1, -0.05) is 24.8 Å². The molecule has 0 saturated heterocycles. The maximum Gasteiger partial charge on any atom is 0.348 e. The minimum absolute atomic E-state index is 0.0386. The lowest BCUT2D eigenvalue weighted by Gasteiger charge is -2.05. The molecule has 0 aliphatic rings. The van der Waals surface area contributed by atoms with Gasteiger partial charge in [0.15, 0.2) is 0 Å². The van der Waals surface area contributed by atoms with Gasteiger partial charge < -0.3 is 20.5 Å². The molecule has 29 heavy (non-hydrogen) atoms. The SMILES string of the molecule is C=CCOC(=O)c1sc(NC(=O)/C=C/c2ccc(N)cc2)c(C(=O)OCC)c1C. The summed E-state index contributed by atoms with van der Waals surface area (Å²) in [6, 6.07) is 6.98. The van der Waals surface area contributed by atoms with Crippen molar-refractivity contribution in [2.75, 3.05) is 24.3 Å². The Labute approximate surface area is 172 Å². The lowest BCUT2D eigenvalue weighted by atomic mass is 10.1. The third-order valence-electron chi connectivity index (χ3n) is 3.74. The summed E-state index contributed by atoms with van der Waals surface area (Å²) in [6.07, 6.45) is 4.38. The molecule has 0 aliphatic heterocycles. The molecule has 2 rings (SSSR count). The molecule has 0 aliphatic carbocycles. The second-order valence-corrected chi connectivity index (χ2v) is 6.88. The number of anilines is 2. The van der Waals surface area contributed by atoms with Crippen LogP contribution in [-0.2, 0) is 14.3 Å². The first-order valence-corrected chi connectivity index (χ1v) is 9.62. The highest BCUT2D eigenvalue weighted by Gasteiger charge is 2.27. The first-order chi connectivity index (χ1) is 13.9. The lowest BCUT2D eigenvalue weighted by molar-refractivity contribution is -0.111. The molecule has 2 aromatic rings. The predicted octanol–water partition coefficient (Wildman–Crippen LogP) is 3.81. The molecule has 1 heterocycles. The van der Waals surface area contributed by atoms with E-state index in [4.69, 9.17) is 15.2 Å². The van der Waals surface area contributed by atoms with Crippen molar-refractivity contribution in [1.82, 2.24) is 0 Å². The Bertz CT molecular complexity index is 945. The summed E-state index contributed by atoms with van der Waals surface area (Å²) in [5.41, 5.74) is 7.57. The Balaban J connectivity index is 2.27. The maximum atomic E-state index is 12.4. The molecule has 0 unspecified atom stereocenters. The Morgan fingerprint density at radius 3 is 2.48 bits per heavy atom. The van der Waals surface area contributed by atoms with Gasteiger partial charge in [-0.25, -0.2) is 9.59 Å². The number of carbonyl (C=O) groups excluding carboxylic acids is 3. The van der Waals surface area contributed by atoms with E-state index >= 15 is 0 Å². The summed E-state index contributed by atoms with van der Waals surface area (Å²) >= 11 is 0.959. The quantitative estimate of drug-likeness (QED) is 0.294. The average Bonchev–Trinajstić information content (AvgIpc) is 3.01. The number of hydrogen-bond donors (Lipinski definition) is 2. The van der Waals surface area contributed by atoms with Crippen LogP contribution < -0.4 is 11.1 Å². The lowest BCUT2D eigenvalue weighted by Crippen LogP contribution is -2.13. The molecule has 3 N–H and O–H groups in total. The van der Waals surface area contributed by atoms with Crippen LogP contribution in [0, 0.1) is 6.92 Å². The smallest absolute Gasteiger partial charge is 0.348 e. The van der Waals surface area contributed by atoms with Gasteiger partial charge in [0, 0.05) is 11.8 Å². The van der Waals surface area contributed by atoms with Crippen LogP contribution >= 0.6 is 11.3 Å². The van der Waals surface area contributed by atoms with Gasteiger partial charge in [0.2, 0.25) is 5.91 Å². The van der Waals surface area contributed by atoms with Gasteiger partial charge >= 0.3 is 11.9 Å². The fourth-order valence-electron chi connectivity index (χ4n) is 2.38. The van der Waals surface area contributed by atoms with Crippen LogP contribution in [0.15, 0.2) is 43.0 Å². The number of ether oxygens (including phenoxy) is 2. The van der Waals surface area contributed by atoms with Crippen molar-refractivity contribution in [3.05, 3.63) is 64.6 Å². The van der Waals surface area contributed by atoms with Gasteiger partial charge in [-0.15, -0.1) is 11.3 Å². The molecule has 0 atom stereocenters. The number of nitrogens with one attached hydrogen (secondary N) is 1. The first-order valence-electron chi connectivity index (χ1n) is 8.80. The number of amides is 1. The van der Waals surface area contributed by atoms with Crippen molar-refractivity contribution >= 4 is 45.9 Å². The molecule has 1 amide bonds. The van der Waals surface area contributed by atoms with Crippen molar-refractivity contribution < 1.29 is 23.9 Å². The van der Waals surface area contributed by atoms with Crippen molar-refractivity contribution in [3.8, 4) is 0 Å². The normalized spacial score (nSPS) is 10.6. The van der Waals surface area contributed by atoms with Gasteiger partial charge in [0.1, 0.15) is 16.5 Å². The highest BCUT2D eigenvalue weighted by Crippen LogP contribution is 2.34. The molecule has 0 bridgehead atoms. The number of hydrogen-bond acceptors (Lipinski definition) is 7. The van der Waals surface area contributed by atoms with Crippen LogP contribution in [0.3, 0.4) is 0 Å². The Hall–Kier alpha value is -3.39. The average molecular weight is 414 g/mol. The van der Waals surface area contributed by atoms with Crippen LogP contribution in [-0.4, -0.2) is 31.1 Å². The van der Waals surface area contributed by atoms with Gasteiger partial charge in [-0.05, 0) is 43.2 Å². The van der Waals surface area contributed by atoms with Crippen molar-refractivity contribution in [2.45, 2.75) is 13.8 Å².